The zero-order valence-electron chi connectivity index (χ0n) is 11.6. The summed E-state index contributed by atoms with van der Waals surface area (Å²) >= 11 is 0. The van der Waals surface area contributed by atoms with Gasteiger partial charge < -0.3 is 14.6 Å². The normalized spacial score (nSPS) is 11.9. The molecule has 19 heavy (non-hydrogen) atoms. The van der Waals surface area contributed by atoms with Gasteiger partial charge in [0, 0.05) is 6.42 Å². The summed E-state index contributed by atoms with van der Waals surface area (Å²) in [5.41, 5.74) is 0.841. The van der Waals surface area contributed by atoms with Crippen molar-refractivity contribution in [3.8, 4) is 5.75 Å². The van der Waals surface area contributed by atoms with Gasteiger partial charge in [-0.05, 0) is 37.0 Å². The summed E-state index contributed by atoms with van der Waals surface area (Å²) < 4.78 is 10.0. The second-order valence-electron chi connectivity index (χ2n) is 4.40. The molecule has 0 radical (unpaired) electrons. The lowest BCUT2D eigenvalue weighted by molar-refractivity contribution is -0.140. The Morgan fingerprint density at radius 2 is 2.00 bits per heavy atom. The molecule has 1 atom stereocenters. The van der Waals surface area contributed by atoms with Gasteiger partial charge in [-0.3, -0.25) is 4.79 Å². The maximum Gasteiger partial charge on any atom is 0.305 e. The van der Waals surface area contributed by atoms with Crippen molar-refractivity contribution in [3.05, 3.63) is 29.8 Å². The van der Waals surface area contributed by atoms with Crippen LogP contribution in [0.15, 0.2) is 24.3 Å². The highest BCUT2D eigenvalue weighted by atomic mass is 16.5. The first-order valence-electron chi connectivity index (χ1n) is 6.65. The fraction of sp³-hybridized carbons (Fsp3) is 0.533. The Morgan fingerprint density at radius 3 is 2.58 bits per heavy atom. The highest BCUT2D eigenvalue weighted by Crippen LogP contribution is 2.22. The van der Waals surface area contributed by atoms with E-state index in [0.717, 1.165) is 17.7 Å². The van der Waals surface area contributed by atoms with E-state index in [1.807, 2.05) is 24.3 Å². The molecular weight excluding hydrogens is 244 g/mol. The van der Waals surface area contributed by atoms with Crippen LogP contribution in [0.1, 0.15) is 44.3 Å². The molecule has 1 unspecified atom stereocenters. The third kappa shape index (κ3) is 5.75. The Bertz CT molecular complexity index is 372. The van der Waals surface area contributed by atoms with Crippen molar-refractivity contribution < 1.29 is 19.4 Å². The lowest BCUT2D eigenvalue weighted by Crippen LogP contribution is -2.03. The van der Waals surface area contributed by atoms with Crippen molar-refractivity contribution in [2.24, 2.45) is 0 Å². The average Bonchev–Trinajstić information content (AvgIpc) is 2.45. The van der Waals surface area contributed by atoms with E-state index in [1.165, 1.54) is 7.11 Å². The zero-order chi connectivity index (χ0) is 14.1. The van der Waals surface area contributed by atoms with Gasteiger partial charge in [-0.25, -0.2) is 0 Å². The number of carbonyl (C=O) groups is 1. The molecule has 0 bridgehead atoms. The quantitative estimate of drug-likeness (QED) is 0.735. The lowest BCUT2D eigenvalue weighted by Gasteiger charge is -2.11. The fourth-order valence-electron chi connectivity index (χ4n) is 1.71. The van der Waals surface area contributed by atoms with Crippen LogP contribution in [-0.2, 0) is 9.53 Å². The predicted octanol–water partition coefficient (Wildman–Crippen LogP) is 2.85. The van der Waals surface area contributed by atoms with Crippen molar-refractivity contribution in [1.29, 1.82) is 0 Å². The van der Waals surface area contributed by atoms with Gasteiger partial charge in [0.15, 0.2) is 0 Å². The van der Waals surface area contributed by atoms with E-state index >= 15 is 0 Å². The van der Waals surface area contributed by atoms with Crippen molar-refractivity contribution in [1.82, 2.24) is 0 Å². The molecule has 0 saturated heterocycles. The minimum atomic E-state index is -0.551. The number of aliphatic hydroxyl groups excluding tert-OH is 1. The standard InChI is InChI=1S/C15H22O4/c1-3-11-19-13-9-7-12(8-10-13)14(16)5-4-6-15(17)18-2/h7-10,14,16H,3-6,11H2,1-2H3. The monoisotopic (exact) mass is 266 g/mol. The summed E-state index contributed by atoms with van der Waals surface area (Å²) in [6, 6.07) is 7.42. The number of rotatable bonds is 8. The highest BCUT2D eigenvalue weighted by molar-refractivity contribution is 5.68. The number of methoxy groups -OCH3 is 1. The molecule has 4 nitrogen and oxygen atoms in total. The first-order valence-corrected chi connectivity index (χ1v) is 6.65. The van der Waals surface area contributed by atoms with Crippen molar-refractivity contribution >= 4 is 5.97 Å². The Hall–Kier alpha value is -1.55. The molecule has 1 aromatic carbocycles. The molecule has 106 valence electrons. The smallest absolute Gasteiger partial charge is 0.305 e. The van der Waals surface area contributed by atoms with Crippen LogP contribution in [0, 0.1) is 0 Å². The van der Waals surface area contributed by atoms with Gasteiger partial charge in [0.25, 0.3) is 0 Å². The predicted molar refractivity (Wildman–Crippen MR) is 73.1 cm³/mol. The number of carbonyl (C=O) groups excluding carboxylic acids is 1. The van der Waals surface area contributed by atoms with E-state index in [0.29, 0.717) is 25.9 Å². The summed E-state index contributed by atoms with van der Waals surface area (Å²) in [4.78, 5) is 11.0. The van der Waals surface area contributed by atoms with E-state index in [1.54, 1.807) is 0 Å². The molecule has 0 saturated carbocycles. The van der Waals surface area contributed by atoms with Crippen LogP contribution in [-0.4, -0.2) is 24.8 Å². The van der Waals surface area contributed by atoms with E-state index in [2.05, 4.69) is 11.7 Å². The zero-order valence-corrected chi connectivity index (χ0v) is 11.6. The molecule has 0 aromatic heterocycles. The topological polar surface area (TPSA) is 55.8 Å². The maximum atomic E-state index is 11.0. The molecule has 1 aromatic rings. The molecule has 0 aliphatic carbocycles. The van der Waals surface area contributed by atoms with Gasteiger partial charge >= 0.3 is 5.97 Å². The highest BCUT2D eigenvalue weighted by Gasteiger charge is 2.09. The van der Waals surface area contributed by atoms with Crippen molar-refractivity contribution in [2.45, 2.75) is 38.7 Å². The van der Waals surface area contributed by atoms with Crippen LogP contribution in [0.3, 0.4) is 0 Å². The molecule has 4 heteroatoms. The summed E-state index contributed by atoms with van der Waals surface area (Å²) in [6.07, 6.45) is 1.92. The molecule has 0 heterocycles. The number of esters is 1. The first-order chi connectivity index (χ1) is 9.17. The van der Waals surface area contributed by atoms with Crippen LogP contribution >= 0.6 is 0 Å². The maximum absolute atomic E-state index is 11.0. The second-order valence-corrected chi connectivity index (χ2v) is 4.40. The Morgan fingerprint density at radius 1 is 1.32 bits per heavy atom. The molecular formula is C15H22O4. The third-order valence-corrected chi connectivity index (χ3v) is 2.82. The van der Waals surface area contributed by atoms with E-state index in [9.17, 15) is 9.90 Å². The summed E-state index contributed by atoms with van der Waals surface area (Å²) in [5, 5.41) is 9.98. The number of hydrogen-bond acceptors (Lipinski definition) is 4. The molecule has 0 fully saturated rings. The molecule has 0 aliphatic rings. The van der Waals surface area contributed by atoms with E-state index in [4.69, 9.17) is 4.74 Å². The van der Waals surface area contributed by atoms with Crippen molar-refractivity contribution in [3.63, 3.8) is 0 Å². The van der Waals surface area contributed by atoms with Gasteiger partial charge in [-0.15, -0.1) is 0 Å². The Labute approximate surface area is 114 Å². The average molecular weight is 266 g/mol. The minimum absolute atomic E-state index is 0.240. The van der Waals surface area contributed by atoms with Gasteiger partial charge in [0.2, 0.25) is 0 Å². The minimum Gasteiger partial charge on any atom is -0.494 e. The molecule has 0 amide bonds. The SMILES string of the molecule is CCCOc1ccc(C(O)CCCC(=O)OC)cc1. The summed E-state index contributed by atoms with van der Waals surface area (Å²) in [5.74, 6) is 0.572. The Balaban J connectivity index is 2.39. The van der Waals surface area contributed by atoms with Crippen LogP contribution < -0.4 is 4.74 Å². The summed E-state index contributed by atoms with van der Waals surface area (Å²) in [7, 11) is 1.37. The van der Waals surface area contributed by atoms with Crippen molar-refractivity contribution in [2.75, 3.05) is 13.7 Å². The molecule has 1 N–H and O–H groups in total. The van der Waals surface area contributed by atoms with Gasteiger partial charge in [-0.1, -0.05) is 19.1 Å². The summed E-state index contributed by atoms with van der Waals surface area (Å²) in [6.45, 7) is 2.75. The van der Waals surface area contributed by atoms with E-state index in [-0.39, 0.29) is 5.97 Å². The third-order valence-electron chi connectivity index (χ3n) is 2.82. The van der Waals surface area contributed by atoms with Crippen LogP contribution in [0.2, 0.25) is 0 Å². The number of ether oxygens (including phenoxy) is 2. The molecule has 1 rings (SSSR count). The number of aliphatic hydroxyl groups is 1. The lowest BCUT2D eigenvalue weighted by atomic mass is 10.0. The molecule has 0 spiro atoms. The van der Waals surface area contributed by atoms with Crippen LogP contribution in [0.5, 0.6) is 5.75 Å². The second kappa shape index (κ2) is 8.53. The largest absolute Gasteiger partial charge is 0.494 e. The Kier molecular flexibility index (Phi) is 6.97. The van der Waals surface area contributed by atoms with Crippen LogP contribution in [0.4, 0.5) is 0 Å². The van der Waals surface area contributed by atoms with Crippen LogP contribution in [0.25, 0.3) is 0 Å². The van der Waals surface area contributed by atoms with Gasteiger partial charge in [0.1, 0.15) is 5.75 Å². The fourth-order valence-corrected chi connectivity index (χ4v) is 1.71. The first kappa shape index (κ1) is 15.5. The van der Waals surface area contributed by atoms with Gasteiger partial charge in [-0.2, -0.15) is 0 Å². The van der Waals surface area contributed by atoms with Gasteiger partial charge in [0.05, 0.1) is 19.8 Å². The molecule has 0 aliphatic heterocycles. The number of benzene rings is 1. The number of hydrogen-bond donors (Lipinski definition) is 1. The van der Waals surface area contributed by atoms with E-state index < -0.39 is 6.10 Å².